The second kappa shape index (κ2) is 6.37. The van der Waals surface area contributed by atoms with Gasteiger partial charge < -0.3 is 14.6 Å². The summed E-state index contributed by atoms with van der Waals surface area (Å²) < 4.78 is 5.20. The Balaban J connectivity index is 2.00. The van der Waals surface area contributed by atoms with Gasteiger partial charge in [0.05, 0.1) is 11.4 Å². The van der Waals surface area contributed by atoms with Crippen molar-refractivity contribution >= 4 is 39.9 Å². The molecule has 0 saturated carbocycles. The molecule has 0 atom stereocenters. The quantitative estimate of drug-likeness (QED) is 0.736. The second-order valence-electron chi connectivity index (χ2n) is 5.50. The van der Waals surface area contributed by atoms with Gasteiger partial charge in [-0.05, 0) is 30.3 Å². The fraction of sp³-hybridized carbons (Fsp3) is 0.111. The average Bonchev–Trinajstić information content (AvgIpc) is 2.53. The molecule has 0 radical (unpaired) electrons. The molecule has 6 heteroatoms. The zero-order valence-corrected chi connectivity index (χ0v) is 13.9. The van der Waals surface area contributed by atoms with Gasteiger partial charge in [-0.15, -0.1) is 0 Å². The van der Waals surface area contributed by atoms with Crippen molar-refractivity contribution in [3.05, 3.63) is 69.5 Å². The molecule has 0 fully saturated rings. The molecule has 1 heterocycles. The van der Waals surface area contributed by atoms with Crippen molar-refractivity contribution in [1.82, 2.24) is 0 Å². The van der Waals surface area contributed by atoms with E-state index in [-0.39, 0.29) is 5.56 Å². The predicted molar refractivity (Wildman–Crippen MR) is 96.2 cm³/mol. The molecular weight excluding hydrogens is 328 g/mol. The highest BCUT2D eigenvalue weighted by Gasteiger charge is 2.16. The molecular formula is C18H15ClN2O3. The van der Waals surface area contributed by atoms with Gasteiger partial charge in [-0.3, -0.25) is 4.79 Å². The molecule has 1 aromatic heterocycles. The monoisotopic (exact) mass is 342 g/mol. The summed E-state index contributed by atoms with van der Waals surface area (Å²) in [6, 6.07) is 13.7. The lowest BCUT2D eigenvalue weighted by atomic mass is 10.1. The molecule has 0 unspecified atom stereocenters. The maximum atomic E-state index is 12.5. The minimum atomic E-state index is -0.681. The number of halogens is 1. The van der Waals surface area contributed by atoms with Crippen molar-refractivity contribution in [3.63, 3.8) is 0 Å². The van der Waals surface area contributed by atoms with Crippen LogP contribution in [0.3, 0.4) is 0 Å². The zero-order valence-electron chi connectivity index (χ0n) is 13.2. The Labute approximate surface area is 143 Å². The molecule has 0 aliphatic heterocycles. The number of fused-ring (bicyclic) bond motifs is 1. The number of nitrogens with one attached hydrogen (secondary N) is 1. The highest BCUT2D eigenvalue weighted by atomic mass is 35.5. The van der Waals surface area contributed by atoms with E-state index in [2.05, 4.69) is 5.32 Å². The van der Waals surface area contributed by atoms with E-state index in [1.165, 1.54) is 6.07 Å². The Morgan fingerprint density at radius 2 is 1.88 bits per heavy atom. The number of benzene rings is 2. The first kappa shape index (κ1) is 16.1. The Kier molecular flexibility index (Phi) is 4.27. The molecule has 5 nitrogen and oxygen atoms in total. The van der Waals surface area contributed by atoms with E-state index in [0.717, 1.165) is 5.69 Å². The Morgan fingerprint density at radius 3 is 2.62 bits per heavy atom. The van der Waals surface area contributed by atoms with Crippen LogP contribution in [0.15, 0.2) is 57.7 Å². The Hall–Kier alpha value is -2.79. The van der Waals surface area contributed by atoms with Crippen molar-refractivity contribution in [2.45, 2.75) is 0 Å². The first-order valence-corrected chi connectivity index (χ1v) is 7.64. The van der Waals surface area contributed by atoms with Crippen LogP contribution in [0.2, 0.25) is 5.02 Å². The normalized spacial score (nSPS) is 10.6. The van der Waals surface area contributed by atoms with Gasteiger partial charge in [0.25, 0.3) is 5.91 Å². The lowest BCUT2D eigenvalue weighted by Crippen LogP contribution is -2.22. The van der Waals surface area contributed by atoms with Crippen LogP contribution in [0.25, 0.3) is 11.0 Å². The van der Waals surface area contributed by atoms with Gasteiger partial charge in [-0.2, -0.15) is 0 Å². The third-order valence-corrected chi connectivity index (χ3v) is 3.81. The van der Waals surface area contributed by atoms with Gasteiger partial charge in [0.15, 0.2) is 0 Å². The minimum absolute atomic E-state index is 0.0571. The number of anilines is 2. The summed E-state index contributed by atoms with van der Waals surface area (Å²) >= 11 is 6.01. The van der Waals surface area contributed by atoms with Crippen molar-refractivity contribution in [2.24, 2.45) is 0 Å². The van der Waals surface area contributed by atoms with Crippen LogP contribution in [-0.4, -0.2) is 20.0 Å². The average molecular weight is 343 g/mol. The van der Waals surface area contributed by atoms with E-state index in [1.54, 1.807) is 36.4 Å². The van der Waals surface area contributed by atoms with E-state index in [9.17, 15) is 9.59 Å². The first-order chi connectivity index (χ1) is 11.5. The fourth-order valence-corrected chi connectivity index (χ4v) is 2.58. The van der Waals surface area contributed by atoms with Crippen LogP contribution < -0.4 is 15.8 Å². The molecule has 3 rings (SSSR count). The first-order valence-electron chi connectivity index (χ1n) is 7.27. The lowest BCUT2D eigenvalue weighted by molar-refractivity contribution is 0.102. The van der Waals surface area contributed by atoms with Gasteiger partial charge in [0.2, 0.25) is 0 Å². The number of nitrogens with zero attached hydrogens (tertiary/aromatic N) is 1. The maximum absolute atomic E-state index is 12.5. The molecule has 0 bridgehead atoms. The SMILES string of the molecule is CN(C)c1ccc(Cl)cc1NC(=O)c1cc2ccccc2oc1=O. The Morgan fingerprint density at radius 1 is 1.12 bits per heavy atom. The molecule has 0 aliphatic rings. The number of hydrogen-bond acceptors (Lipinski definition) is 4. The fourth-order valence-electron chi connectivity index (χ4n) is 2.41. The van der Waals surface area contributed by atoms with E-state index < -0.39 is 11.5 Å². The molecule has 0 spiro atoms. The van der Waals surface area contributed by atoms with E-state index in [1.807, 2.05) is 25.1 Å². The van der Waals surface area contributed by atoms with Crippen LogP contribution in [0.5, 0.6) is 0 Å². The standard InChI is InChI=1S/C18H15ClN2O3/c1-21(2)15-8-7-12(19)10-14(15)20-17(22)13-9-11-5-3-4-6-16(11)24-18(13)23/h3-10H,1-2H3,(H,20,22). The highest BCUT2D eigenvalue weighted by Crippen LogP contribution is 2.28. The van der Waals surface area contributed by atoms with Crippen LogP contribution in [-0.2, 0) is 0 Å². The van der Waals surface area contributed by atoms with Crippen LogP contribution in [0.1, 0.15) is 10.4 Å². The molecule has 24 heavy (non-hydrogen) atoms. The summed E-state index contributed by atoms with van der Waals surface area (Å²) in [7, 11) is 3.70. The summed E-state index contributed by atoms with van der Waals surface area (Å²) in [4.78, 5) is 26.5. The number of amides is 1. The van der Waals surface area contributed by atoms with Crippen molar-refractivity contribution in [3.8, 4) is 0 Å². The van der Waals surface area contributed by atoms with Crippen LogP contribution in [0.4, 0.5) is 11.4 Å². The zero-order chi connectivity index (χ0) is 17.3. The van der Waals surface area contributed by atoms with Crippen molar-refractivity contribution in [2.75, 3.05) is 24.3 Å². The second-order valence-corrected chi connectivity index (χ2v) is 5.93. The molecule has 0 aliphatic carbocycles. The summed E-state index contributed by atoms with van der Waals surface area (Å²) in [5.74, 6) is -0.542. The van der Waals surface area contributed by atoms with Crippen molar-refractivity contribution < 1.29 is 9.21 Å². The number of hydrogen-bond donors (Lipinski definition) is 1. The van der Waals surface area contributed by atoms with Gasteiger partial charge in [0, 0.05) is 24.5 Å². The predicted octanol–water partition coefficient (Wildman–Crippen LogP) is 3.76. The summed E-state index contributed by atoms with van der Waals surface area (Å²) in [6.07, 6.45) is 0. The molecule has 122 valence electrons. The van der Waals surface area contributed by atoms with Crippen LogP contribution >= 0.6 is 11.6 Å². The minimum Gasteiger partial charge on any atom is -0.422 e. The Bertz CT molecular complexity index is 979. The van der Waals surface area contributed by atoms with Gasteiger partial charge >= 0.3 is 5.63 Å². The largest absolute Gasteiger partial charge is 0.422 e. The molecule has 1 N–H and O–H groups in total. The number of para-hydroxylation sites is 1. The molecule has 0 saturated heterocycles. The summed E-state index contributed by atoms with van der Waals surface area (Å²) in [5.41, 5.74) is 0.997. The van der Waals surface area contributed by atoms with Crippen molar-refractivity contribution in [1.29, 1.82) is 0 Å². The molecule has 1 amide bonds. The van der Waals surface area contributed by atoms with Gasteiger partial charge in [-0.25, -0.2) is 4.79 Å². The summed E-state index contributed by atoms with van der Waals surface area (Å²) in [5, 5.41) is 3.90. The molecule has 2 aromatic carbocycles. The van der Waals surface area contributed by atoms with Gasteiger partial charge in [-0.1, -0.05) is 29.8 Å². The highest BCUT2D eigenvalue weighted by molar-refractivity contribution is 6.31. The number of carbonyl (C=O) groups excluding carboxylic acids is 1. The smallest absolute Gasteiger partial charge is 0.349 e. The third kappa shape index (κ3) is 3.12. The lowest BCUT2D eigenvalue weighted by Gasteiger charge is -2.18. The number of carbonyl (C=O) groups is 1. The van der Waals surface area contributed by atoms with Crippen LogP contribution in [0, 0.1) is 0 Å². The topological polar surface area (TPSA) is 62.6 Å². The van der Waals surface area contributed by atoms with E-state index >= 15 is 0 Å². The van der Waals surface area contributed by atoms with E-state index in [0.29, 0.717) is 21.7 Å². The van der Waals surface area contributed by atoms with Gasteiger partial charge in [0.1, 0.15) is 11.1 Å². The number of rotatable bonds is 3. The maximum Gasteiger partial charge on any atom is 0.349 e. The third-order valence-electron chi connectivity index (χ3n) is 3.57. The summed E-state index contributed by atoms with van der Waals surface area (Å²) in [6.45, 7) is 0. The molecule has 3 aromatic rings. The van der Waals surface area contributed by atoms with E-state index in [4.69, 9.17) is 16.0 Å².